The van der Waals surface area contributed by atoms with Crippen LogP contribution in [0.3, 0.4) is 0 Å². The maximum atomic E-state index is 12.0. The molecule has 0 fully saturated rings. The first-order valence-corrected chi connectivity index (χ1v) is 9.18. The van der Waals surface area contributed by atoms with Crippen LogP contribution < -0.4 is 19.5 Å². The quantitative estimate of drug-likeness (QED) is 0.526. The third-order valence-electron chi connectivity index (χ3n) is 4.12. The molecule has 8 heteroatoms. The molecule has 0 unspecified atom stereocenters. The lowest BCUT2D eigenvalue weighted by Crippen LogP contribution is -2.28. The minimum atomic E-state index is -0.104. The summed E-state index contributed by atoms with van der Waals surface area (Å²) < 4.78 is 21.4. The van der Waals surface area contributed by atoms with Crippen LogP contribution in [0.2, 0.25) is 0 Å². The number of ether oxygens (including phenoxy) is 3. The van der Waals surface area contributed by atoms with Crippen molar-refractivity contribution in [2.45, 2.75) is 12.8 Å². The highest BCUT2D eigenvalue weighted by molar-refractivity contribution is 5.76. The second kappa shape index (κ2) is 10.1. The van der Waals surface area contributed by atoms with Crippen molar-refractivity contribution in [3.8, 4) is 28.7 Å². The van der Waals surface area contributed by atoms with Gasteiger partial charge in [0.05, 0.1) is 20.8 Å². The standard InChI is InChI=1S/C21H23N3O5/c1-26-16-5-3-15(4-6-16)21-24-23-20(29-21)12-11-19(25)22-13-14-28-18-9-7-17(27-2)8-10-18/h3-10H,11-14H2,1-2H3,(H,22,25). The van der Waals surface area contributed by atoms with Crippen LogP contribution in [0, 0.1) is 0 Å². The fraction of sp³-hybridized carbons (Fsp3) is 0.286. The van der Waals surface area contributed by atoms with E-state index in [1.807, 2.05) is 48.5 Å². The fourth-order valence-electron chi connectivity index (χ4n) is 2.55. The summed E-state index contributed by atoms with van der Waals surface area (Å²) in [5.74, 6) is 2.96. The topological polar surface area (TPSA) is 95.7 Å². The number of carbonyl (C=O) groups is 1. The molecule has 0 aliphatic heterocycles. The summed E-state index contributed by atoms with van der Waals surface area (Å²) in [5, 5.41) is 10.8. The lowest BCUT2D eigenvalue weighted by atomic mass is 10.2. The SMILES string of the molecule is COc1ccc(OCCNC(=O)CCc2nnc(-c3ccc(OC)cc3)o2)cc1. The molecule has 0 saturated heterocycles. The van der Waals surface area contributed by atoms with Crippen molar-refractivity contribution in [3.05, 3.63) is 54.4 Å². The van der Waals surface area contributed by atoms with Gasteiger partial charge in [0.25, 0.3) is 0 Å². The minimum absolute atomic E-state index is 0.104. The molecule has 152 valence electrons. The van der Waals surface area contributed by atoms with Crippen molar-refractivity contribution < 1.29 is 23.4 Å². The largest absolute Gasteiger partial charge is 0.497 e. The monoisotopic (exact) mass is 397 g/mol. The molecule has 0 bridgehead atoms. The van der Waals surface area contributed by atoms with Crippen molar-refractivity contribution in [2.75, 3.05) is 27.4 Å². The van der Waals surface area contributed by atoms with E-state index in [4.69, 9.17) is 18.6 Å². The molecule has 3 aromatic rings. The number of nitrogens with one attached hydrogen (secondary N) is 1. The Labute approximate surface area is 168 Å². The van der Waals surface area contributed by atoms with Gasteiger partial charge >= 0.3 is 0 Å². The van der Waals surface area contributed by atoms with Crippen LogP contribution in [-0.4, -0.2) is 43.5 Å². The van der Waals surface area contributed by atoms with E-state index in [-0.39, 0.29) is 12.3 Å². The molecule has 1 amide bonds. The van der Waals surface area contributed by atoms with Crippen LogP contribution in [0.1, 0.15) is 12.3 Å². The molecule has 0 aliphatic rings. The molecular weight excluding hydrogens is 374 g/mol. The predicted molar refractivity (Wildman–Crippen MR) is 106 cm³/mol. The summed E-state index contributed by atoms with van der Waals surface area (Å²) in [6.07, 6.45) is 0.626. The molecule has 0 aliphatic carbocycles. The fourth-order valence-corrected chi connectivity index (χ4v) is 2.55. The molecule has 0 atom stereocenters. The zero-order valence-electron chi connectivity index (χ0n) is 16.4. The summed E-state index contributed by atoms with van der Waals surface area (Å²) in [6.45, 7) is 0.784. The van der Waals surface area contributed by atoms with Gasteiger partial charge in [0, 0.05) is 18.4 Å². The average Bonchev–Trinajstić information content (AvgIpc) is 3.25. The maximum Gasteiger partial charge on any atom is 0.247 e. The first-order valence-electron chi connectivity index (χ1n) is 9.18. The Hall–Kier alpha value is -3.55. The molecule has 0 spiro atoms. The highest BCUT2D eigenvalue weighted by atomic mass is 16.5. The zero-order valence-corrected chi connectivity index (χ0v) is 16.4. The Kier molecular flexibility index (Phi) is 7.05. The van der Waals surface area contributed by atoms with Crippen LogP contribution >= 0.6 is 0 Å². The molecule has 29 heavy (non-hydrogen) atoms. The van der Waals surface area contributed by atoms with Crippen molar-refractivity contribution in [1.29, 1.82) is 0 Å². The van der Waals surface area contributed by atoms with Crippen molar-refractivity contribution >= 4 is 5.91 Å². The van der Waals surface area contributed by atoms with Gasteiger partial charge in [-0.05, 0) is 48.5 Å². The first kappa shape index (κ1) is 20.2. The van der Waals surface area contributed by atoms with Crippen LogP contribution in [0.5, 0.6) is 17.2 Å². The number of methoxy groups -OCH3 is 2. The predicted octanol–water partition coefficient (Wildman–Crippen LogP) is 2.88. The summed E-state index contributed by atoms with van der Waals surface area (Å²) in [7, 11) is 3.22. The Bertz CT molecular complexity index is 907. The van der Waals surface area contributed by atoms with E-state index in [1.165, 1.54) is 0 Å². The Balaban J connectivity index is 1.37. The summed E-state index contributed by atoms with van der Waals surface area (Å²) in [4.78, 5) is 12.0. The molecular formula is C21H23N3O5. The van der Waals surface area contributed by atoms with Gasteiger partial charge in [0.2, 0.25) is 17.7 Å². The maximum absolute atomic E-state index is 12.0. The molecule has 3 rings (SSSR count). The van der Waals surface area contributed by atoms with E-state index in [0.717, 1.165) is 22.8 Å². The second-order valence-electron chi connectivity index (χ2n) is 6.10. The molecule has 8 nitrogen and oxygen atoms in total. The number of rotatable bonds is 10. The number of hydrogen-bond donors (Lipinski definition) is 1. The third kappa shape index (κ3) is 5.97. The van der Waals surface area contributed by atoms with E-state index in [0.29, 0.717) is 31.4 Å². The van der Waals surface area contributed by atoms with Crippen LogP contribution in [0.4, 0.5) is 0 Å². The lowest BCUT2D eigenvalue weighted by molar-refractivity contribution is -0.121. The number of amides is 1. The molecule has 0 saturated carbocycles. The number of aryl methyl sites for hydroxylation is 1. The smallest absolute Gasteiger partial charge is 0.247 e. The van der Waals surface area contributed by atoms with Crippen molar-refractivity contribution in [2.24, 2.45) is 0 Å². The van der Waals surface area contributed by atoms with E-state index in [2.05, 4.69) is 15.5 Å². The summed E-state index contributed by atoms with van der Waals surface area (Å²) >= 11 is 0. The Morgan fingerprint density at radius 3 is 2.21 bits per heavy atom. The normalized spacial score (nSPS) is 10.4. The van der Waals surface area contributed by atoms with E-state index < -0.39 is 0 Å². The number of hydrogen-bond acceptors (Lipinski definition) is 7. The van der Waals surface area contributed by atoms with E-state index >= 15 is 0 Å². The Morgan fingerprint density at radius 2 is 1.55 bits per heavy atom. The number of aromatic nitrogens is 2. The molecule has 1 aromatic heterocycles. The summed E-state index contributed by atoms with van der Waals surface area (Å²) in [5.41, 5.74) is 0.796. The van der Waals surface area contributed by atoms with Gasteiger partial charge in [-0.1, -0.05) is 0 Å². The molecule has 2 aromatic carbocycles. The first-order chi connectivity index (χ1) is 14.2. The van der Waals surface area contributed by atoms with E-state index in [9.17, 15) is 4.79 Å². The van der Waals surface area contributed by atoms with Gasteiger partial charge in [-0.3, -0.25) is 4.79 Å². The van der Waals surface area contributed by atoms with Crippen LogP contribution in [-0.2, 0) is 11.2 Å². The lowest BCUT2D eigenvalue weighted by Gasteiger charge is -2.08. The van der Waals surface area contributed by atoms with Crippen molar-refractivity contribution in [1.82, 2.24) is 15.5 Å². The van der Waals surface area contributed by atoms with Crippen LogP contribution in [0.15, 0.2) is 52.9 Å². The molecule has 1 heterocycles. The third-order valence-corrected chi connectivity index (χ3v) is 4.12. The van der Waals surface area contributed by atoms with Gasteiger partial charge in [0.1, 0.15) is 23.9 Å². The molecule has 1 N–H and O–H groups in total. The highest BCUT2D eigenvalue weighted by Crippen LogP contribution is 2.21. The number of benzene rings is 2. The number of nitrogens with zero attached hydrogens (tertiary/aromatic N) is 2. The van der Waals surface area contributed by atoms with Gasteiger partial charge in [0.15, 0.2) is 0 Å². The van der Waals surface area contributed by atoms with E-state index in [1.54, 1.807) is 14.2 Å². The highest BCUT2D eigenvalue weighted by Gasteiger charge is 2.10. The molecule has 0 radical (unpaired) electrons. The average molecular weight is 397 g/mol. The van der Waals surface area contributed by atoms with Gasteiger partial charge in [-0.15, -0.1) is 10.2 Å². The number of carbonyl (C=O) groups excluding carboxylic acids is 1. The Morgan fingerprint density at radius 1 is 0.931 bits per heavy atom. The van der Waals surface area contributed by atoms with Gasteiger partial charge in [-0.2, -0.15) is 0 Å². The van der Waals surface area contributed by atoms with Gasteiger partial charge in [-0.25, -0.2) is 0 Å². The minimum Gasteiger partial charge on any atom is -0.497 e. The van der Waals surface area contributed by atoms with Crippen LogP contribution in [0.25, 0.3) is 11.5 Å². The van der Waals surface area contributed by atoms with Crippen molar-refractivity contribution in [3.63, 3.8) is 0 Å². The summed E-state index contributed by atoms with van der Waals surface area (Å²) in [6, 6.07) is 14.6. The zero-order chi connectivity index (χ0) is 20.5. The van der Waals surface area contributed by atoms with Gasteiger partial charge < -0.3 is 23.9 Å². The second-order valence-corrected chi connectivity index (χ2v) is 6.10.